The molecule has 0 unspecified atom stereocenters. The van der Waals surface area contributed by atoms with Crippen molar-refractivity contribution in [2.75, 3.05) is 32.1 Å². The highest BCUT2D eigenvalue weighted by Gasteiger charge is 2.21. The molecule has 0 radical (unpaired) electrons. The van der Waals surface area contributed by atoms with Crippen molar-refractivity contribution in [2.24, 2.45) is 0 Å². The Hall–Kier alpha value is -1.77. The molecule has 0 aliphatic rings. The van der Waals surface area contributed by atoms with Crippen molar-refractivity contribution in [3.63, 3.8) is 0 Å². The van der Waals surface area contributed by atoms with E-state index in [1.807, 2.05) is 13.0 Å². The molecule has 2 amide bonds. The van der Waals surface area contributed by atoms with Crippen LogP contribution in [0, 0.1) is 6.92 Å². The lowest BCUT2D eigenvalue weighted by Crippen LogP contribution is -2.40. The van der Waals surface area contributed by atoms with E-state index in [1.165, 1.54) is 16.2 Å². The van der Waals surface area contributed by atoms with Crippen LogP contribution in [0.1, 0.15) is 15.2 Å². The largest absolute Gasteiger partial charge is 0.383 e. The van der Waals surface area contributed by atoms with Gasteiger partial charge in [-0.25, -0.2) is 4.98 Å². The first-order valence-electron chi connectivity index (χ1n) is 7.26. The van der Waals surface area contributed by atoms with Gasteiger partial charge in [0, 0.05) is 29.2 Å². The molecule has 0 fully saturated rings. The van der Waals surface area contributed by atoms with Crippen LogP contribution in [0.3, 0.4) is 0 Å². The van der Waals surface area contributed by atoms with Crippen LogP contribution in [0.5, 0.6) is 0 Å². The zero-order valence-corrected chi connectivity index (χ0v) is 15.8. The number of hydrogen-bond acceptors (Lipinski definition) is 5. The summed E-state index contributed by atoms with van der Waals surface area (Å²) in [5, 5.41) is 3.24. The Kier molecular flexibility index (Phi) is 6.89. The van der Waals surface area contributed by atoms with Gasteiger partial charge in [-0.1, -0.05) is 12.1 Å². The SMILES string of the molecule is COCCN(CC(=O)Nc1ncc(C)s1)C(=O)c1ccccc1Br. The second-order valence-corrected chi connectivity index (χ2v) is 7.11. The van der Waals surface area contributed by atoms with Crippen molar-refractivity contribution in [1.29, 1.82) is 0 Å². The third kappa shape index (κ3) is 5.12. The van der Waals surface area contributed by atoms with Crippen molar-refractivity contribution >= 4 is 44.2 Å². The fourth-order valence-corrected chi connectivity index (χ4v) is 3.14. The summed E-state index contributed by atoms with van der Waals surface area (Å²) in [7, 11) is 1.56. The van der Waals surface area contributed by atoms with Gasteiger partial charge in [0.15, 0.2) is 5.13 Å². The number of aryl methyl sites for hydroxylation is 1. The molecule has 0 aliphatic heterocycles. The Labute approximate surface area is 153 Å². The molecule has 1 heterocycles. The summed E-state index contributed by atoms with van der Waals surface area (Å²) >= 11 is 4.76. The molecular weight excluding hydrogens is 394 g/mol. The van der Waals surface area contributed by atoms with Crippen LogP contribution in [0.25, 0.3) is 0 Å². The number of carbonyl (C=O) groups excluding carboxylic acids is 2. The van der Waals surface area contributed by atoms with E-state index in [-0.39, 0.29) is 18.4 Å². The molecule has 8 heteroatoms. The normalized spacial score (nSPS) is 10.5. The molecule has 2 rings (SSSR count). The lowest BCUT2D eigenvalue weighted by molar-refractivity contribution is -0.117. The van der Waals surface area contributed by atoms with Crippen molar-refractivity contribution in [3.8, 4) is 0 Å². The number of halogens is 1. The van der Waals surface area contributed by atoms with Gasteiger partial charge in [-0.05, 0) is 35.0 Å². The fraction of sp³-hybridized carbons (Fsp3) is 0.312. The molecule has 0 saturated heterocycles. The van der Waals surface area contributed by atoms with Gasteiger partial charge >= 0.3 is 0 Å². The minimum atomic E-state index is -0.291. The number of aromatic nitrogens is 1. The minimum absolute atomic E-state index is 0.0673. The fourth-order valence-electron chi connectivity index (χ4n) is 2.00. The number of benzene rings is 1. The lowest BCUT2D eigenvalue weighted by atomic mass is 10.2. The number of nitrogens with one attached hydrogen (secondary N) is 1. The molecular formula is C16H18BrN3O3S. The van der Waals surface area contributed by atoms with Crippen LogP contribution < -0.4 is 5.32 Å². The summed E-state index contributed by atoms with van der Waals surface area (Å²) in [6.45, 7) is 2.51. The number of ether oxygens (including phenoxy) is 1. The molecule has 1 aromatic heterocycles. The van der Waals surface area contributed by atoms with E-state index < -0.39 is 0 Å². The van der Waals surface area contributed by atoms with E-state index in [2.05, 4.69) is 26.2 Å². The summed E-state index contributed by atoms with van der Waals surface area (Å²) in [6.07, 6.45) is 1.69. The van der Waals surface area contributed by atoms with E-state index in [1.54, 1.807) is 31.5 Å². The highest BCUT2D eigenvalue weighted by molar-refractivity contribution is 9.10. The monoisotopic (exact) mass is 411 g/mol. The number of carbonyl (C=O) groups is 2. The number of thiazole rings is 1. The van der Waals surface area contributed by atoms with E-state index in [4.69, 9.17) is 4.74 Å². The molecule has 0 atom stereocenters. The summed E-state index contributed by atoms with van der Waals surface area (Å²) in [6, 6.07) is 7.12. The minimum Gasteiger partial charge on any atom is -0.383 e. The Bertz CT molecular complexity index is 720. The zero-order chi connectivity index (χ0) is 17.5. The summed E-state index contributed by atoms with van der Waals surface area (Å²) in [5.74, 6) is -0.522. The second-order valence-electron chi connectivity index (χ2n) is 5.02. The van der Waals surface area contributed by atoms with Gasteiger partial charge in [0.2, 0.25) is 5.91 Å². The van der Waals surface area contributed by atoms with Gasteiger partial charge < -0.3 is 15.0 Å². The van der Waals surface area contributed by atoms with Gasteiger partial charge in [-0.15, -0.1) is 11.3 Å². The van der Waals surface area contributed by atoms with Crippen LogP contribution in [0.15, 0.2) is 34.9 Å². The van der Waals surface area contributed by atoms with E-state index in [0.717, 1.165) is 4.88 Å². The third-order valence-electron chi connectivity index (χ3n) is 3.16. The van der Waals surface area contributed by atoms with Crippen LogP contribution in [-0.4, -0.2) is 48.5 Å². The van der Waals surface area contributed by atoms with Crippen LogP contribution in [-0.2, 0) is 9.53 Å². The average Bonchev–Trinajstić information content (AvgIpc) is 2.96. The smallest absolute Gasteiger partial charge is 0.255 e. The molecule has 0 bridgehead atoms. The number of anilines is 1. The highest BCUT2D eigenvalue weighted by atomic mass is 79.9. The van der Waals surface area contributed by atoms with Crippen molar-refractivity contribution in [2.45, 2.75) is 6.92 Å². The molecule has 24 heavy (non-hydrogen) atoms. The Morgan fingerprint density at radius 2 is 2.12 bits per heavy atom. The number of hydrogen-bond donors (Lipinski definition) is 1. The maximum absolute atomic E-state index is 12.7. The van der Waals surface area contributed by atoms with E-state index in [0.29, 0.717) is 28.3 Å². The predicted octanol–water partition coefficient (Wildman–Crippen LogP) is 2.94. The topological polar surface area (TPSA) is 71.5 Å². The van der Waals surface area contributed by atoms with Gasteiger partial charge in [-0.2, -0.15) is 0 Å². The molecule has 6 nitrogen and oxygen atoms in total. The van der Waals surface area contributed by atoms with Crippen molar-refractivity contribution in [3.05, 3.63) is 45.4 Å². The van der Waals surface area contributed by atoms with Gasteiger partial charge in [0.25, 0.3) is 5.91 Å². The maximum atomic E-state index is 12.7. The average molecular weight is 412 g/mol. The first kappa shape index (κ1) is 18.6. The summed E-state index contributed by atoms with van der Waals surface area (Å²) in [4.78, 5) is 31.5. The maximum Gasteiger partial charge on any atom is 0.255 e. The zero-order valence-electron chi connectivity index (χ0n) is 13.4. The van der Waals surface area contributed by atoms with Crippen molar-refractivity contribution < 1.29 is 14.3 Å². The predicted molar refractivity (Wildman–Crippen MR) is 97.4 cm³/mol. The van der Waals surface area contributed by atoms with E-state index >= 15 is 0 Å². The lowest BCUT2D eigenvalue weighted by Gasteiger charge is -2.22. The molecule has 1 aromatic carbocycles. The quantitative estimate of drug-likeness (QED) is 0.759. The molecule has 1 N–H and O–H groups in total. The second kappa shape index (κ2) is 8.91. The molecule has 0 aliphatic carbocycles. The first-order valence-corrected chi connectivity index (χ1v) is 8.87. The summed E-state index contributed by atoms with van der Waals surface area (Å²) in [5.41, 5.74) is 0.506. The number of rotatable bonds is 7. The number of nitrogens with zero attached hydrogens (tertiary/aromatic N) is 2. The number of methoxy groups -OCH3 is 1. The molecule has 128 valence electrons. The van der Waals surface area contributed by atoms with Gasteiger partial charge in [0.1, 0.15) is 6.54 Å². The van der Waals surface area contributed by atoms with Crippen LogP contribution in [0.2, 0.25) is 0 Å². The van der Waals surface area contributed by atoms with Gasteiger partial charge in [-0.3, -0.25) is 9.59 Å². The molecule has 2 aromatic rings. The van der Waals surface area contributed by atoms with Crippen LogP contribution >= 0.6 is 27.3 Å². The molecule has 0 saturated carbocycles. The van der Waals surface area contributed by atoms with Crippen molar-refractivity contribution in [1.82, 2.24) is 9.88 Å². The standard InChI is InChI=1S/C16H18BrN3O3S/c1-11-9-18-16(24-11)19-14(21)10-20(7-8-23-2)15(22)12-5-3-4-6-13(12)17/h3-6,9H,7-8,10H2,1-2H3,(H,18,19,21). The Balaban J connectivity index is 2.08. The van der Waals surface area contributed by atoms with Gasteiger partial charge in [0.05, 0.1) is 12.2 Å². The van der Waals surface area contributed by atoms with Crippen LogP contribution in [0.4, 0.5) is 5.13 Å². The third-order valence-corrected chi connectivity index (χ3v) is 4.68. The first-order chi connectivity index (χ1) is 11.5. The number of amides is 2. The Morgan fingerprint density at radius 3 is 2.75 bits per heavy atom. The van der Waals surface area contributed by atoms with E-state index in [9.17, 15) is 9.59 Å². The molecule has 0 spiro atoms. The highest BCUT2D eigenvalue weighted by Crippen LogP contribution is 2.19. The summed E-state index contributed by atoms with van der Waals surface area (Å²) < 4.78 is 5.73. The Morgan fingerprint density at radius 1 is 1.38 bits per heavy atom.